The lowest BCUT2D eigenvalue weighted by atomic mass is 9.90. The lowest BCUT2D eigenvalue weighted by molar-refractivity contribution is 0.00578. The predicted octanol–water partition coefficient (Wildman–Crippen LogP) is 1.97. The normalized spacial score (nSPS) is 32.2. The molecule has 0 radical (unpaired) electrons. The quantitative estimate of drug-likeness (QED) is 0.510. The SMILES string of the molecule is CC1(C)O[B-](F)(F)OC1(C)C. The predicted molar refractivity (Wildman–Crippen MR) is 38.3 cm³/mol. The third kappa shape index (κ3) is 1.39. The first-order valence-corrected chi connectivity index (χ1v) is 3.57. The van der Waals surface area contributed by atoms with E-state index < -0.39 is 18.3 Å². The monoisotopic (exact) mass is 165 g/mol. The van der Waals surface area contributed by atoms with E-state index in [0.29, 0.717) is 0 Å². The summed E-state index contributed by atoms with van der Waals surface area (Å²) in [6.07, 6.45) is 0. The van der Waals surface area contributed by atoms with Crippen LogP contribution < -0.4 is 0 Å². The summed E-state index contributed by atoms with van der Waals surface area (Å²) in [6, 6.07) is 0. The Morgan fingerprint density at radius 1 is 0.909 bits per heavy atom. The molecule has 0 atom stereocenters. The van der Waals surface area contributed by atoms with Crippen LogP contribution in [0.4, 0.5) is 8.63 Å². The minimum absolute atomic E-state index is 0.920. The summed E-state index contributed by atoms with van der Waals surface area (Å²) in [4.78, 5) is 0. The van der Waals surface area contributed by atoms with Crippen LogP contribution in [-0.2, 0) is 9.31 Å². The van der Waals surface area contributed by atoms with Crippen molar-refractivity contribution in [1.29, 1.82) is 0 Å². The van der Waals surface area contributed by atoms with Crippen LogP contribution >= 0.6 is 0 Å². The summed E-state index contributed by atoms with van der Waals surface area (Å²) in [5.74, 6) is 0. The lowest BCUT2D eigenvalue weighted by Crippen LogP contribution is -2.41. The van der Waals surface area contributed by atoms with Gasteiger partial charge in [-0.1, -0.05) is 0 Å². The third-order valence-corrected chi connectivity index (χ3v) is 2.31. The molecular formula is C6H12BF2O2-. The first kappa shape index (κ1) is 8.94. The van der Waals surface area contributed by atoms with Gasteiger partial charge in [0, 0.05) is 11.2 Å². The molecule has 1 heterocycles. The Hall–Kier alpha value is -0.155. The number of rotatable bonds is 0. The van der Waals surface area contributed by atoms with E-state index >= 15 is 0 Å². The van der Waals surface area contributed by atoms with E-state index in [4.69, 9.17) is 0 Å². The van der Waals surface area contributed by atoms with Crippen molar-refractivity contribution < 1.29 is 17.9 Å². The molecule has 0 aromatic heterocycles. The summed E-state index contributed by atoms with van der Waals surface area (Å²) < 4.78 is 34.0. The Morgan fingerprint density at radius 2 is 1.18 bits per heavy atom. The molecule has 0 spiro atoms. The van der Waals surface area contributed by atoms with E-state index in [1.54, 1.807) is 27.7 Å². The molecule has 66 valence electrons. The highest BCUT2D eigenvalue weighted by molar-refractivity contribution is 6.52. The highest BCUT2D eigenvalue weighted by atomic mass is 19.3. The summed E-state index contributed by atoms with van der Waals surface area (Å²) in [7, 11) is -4.06. The summed E-state index contributed by atoms with van der Waals surface area (Å²) in [5.41, 5.74) is -1.84. The van der Waals surface area contributed by atoms with Crippen molar-refractivity contribution in [3.8, 4) is 0 Å². The molecule has 0 amide bonds. The summed E-state index contributed by atoms with van der Waals surface area (Å²) in [5, 5.41) is 0. The molecule has 0 saturated carbocycles. The summed E-state index contributed by atoms with van der Waals surface area (Å²) in [6.45, 7) is 6.37. The first-order chi connectivity index (χ1) is 4.66. The van der Waals surface area contributed by atoms with E-state index in [1.807, 2.05) is 0 Å². The Morgan fingerprint density at radius 3 is 1.27 bits per heavy atom. The Bertz CT molecular complexity index is 161. The molecule has 1 aliphatic rings. The van der Waals surface area contributed by atoms with Gasteiger partial charge in [0.2, 0.25) is 0 Å². The molecule has 1 aliphatic heterocycles. The van der Waals surface area contributed by atoms with Gasteiger partial charge in [0.1, 0.15) is 0 Å². The van der Waals surface area contributed by atoms with E-state index in [0.717, 1.165) is 0 Å². The Kier molecular flexibility index (Phi) is 1.59. The standard InChI is InChI=1S/C6H12BF2O2/c1-5(2)6(3,4)11-7(8,9)10-5/h1-4H3/q-1. The second kappa shape index (κ2) is 1.96. The molecule has 0 aromatic rings. The topological polar surface area (TPSA) is 18.5 Å². The van der Waals surface area contributed by atoms with Gasteiger partial charge in [-0.25, -0.2) is 0 Å². The third-order valence-electron chi connectivity index (χ3n) is 2.31. The van der Waals surface area contributed by atoms with Gasteiger partial charge in [0.25, 0.3) is 0 Å². The molecular weight excluding hydrogens is 153 g/mol. The lowest BCUT2D eigenvalue weighted by Gasteiger charge is -2.35. The molecule has 0 unspecified atom stereocenters. The molecule has 0 aliphatic carbocycles. The van der Waals surface area contributed by atoms with Gasteiger partial charge in [0.15, 0.2) is 0 Å². The Balaban J connectivity index is 2.89. The second-order valence-corrected chi connectivity index (χ2v) is 3.79. The van der Waals surface area contributed by atoms with Crippen LogP contribution in [0, 0.1) is 0 Å². The van der Waals surface area contributed by atoms with E-state index in [9.17, 15) is 8.63 Å². The van der Waals surface area contributed by atoms with Gasteiger partial charge >= 0.3 is 7.11 Å². The van der Waals surface area contributed by atoms with Gasteiger partial charge in [-0.2, -0.15) is 0 Å². The van der Waals surface area contributed by atoms with Crippen molar-refractivity contribution in [3.05, 3.63) is 0 Å². The van der Waals surface area contributed by atoms with E-state index in [2.05, 4.69) is 9.31 Å². The highest BCUT2D eigenvalue weighted by Crippen LogP contribution is 2.42. The number of hydrogen-bond acceptors (Lipinski definition) is 2. The molecule has 1 fully saturated rings. The average molecular weight is 165 g/mol. The van der Waals surface area contributed by atoms with Crippen LogP contribution in [-0.4, -0.2) is 18.3 Å². The minimum Gasteiger partial charge on any atom is -0.505 e. The molecule has 1 saturated heterocycles. The van der Waals surface area contributed by atoms with Crippen molar-refractivity contribution >= 4 is 7.11 Å². The number of hydrogen-bond donors (Lipinski definition) is 0. The van der Waals surface area contributed by atoms with Gasteiger partial charge in [-0.05, 0) is 27.7 Å². The van der Waals surface area contributed by atoms with Crippen LogP contribution in [0.5, 0.6) is 0 Å². The van der Waals surface area contributed by atoms with E-state index in [1.165, 1.54) is 0 Å². The fraction of sp³-hybridized carbons (Fsp3) is 1.00. The van der Waals surface area contributed by atoms with Crippen LogP contribution in [0.2, 0.25) is 0 Å². The van der Waals surface area contributed by atoms with Gasteiger partial charge in [-0.3, -0.25) is 0 Å². The molecule has 0 aromatic carbocycles. The van der Waals surface area contributed by atoms with Crippen molar-refractivity contribution in [3.63, 3.8) is 0 Å². The van der Waals surface area contributed by atoms with Crippen molar-refractivity contribution in [2.75, 3.05) is 0 Å². The molecule has 2 nitrogen and oxygen atoms in total. The molecule has 5 heteroatoms. The maximum Gasteiger partial charge on any atom is 0.602 e. The average Bonchev–Trinajstić information content (AvgIpc) is 1.66. The van der Waals surface area contributed by atoms with Gasteiger partial charge in [-0.15, -0.1) is 0 Å². The Labute approximate surface area is 64.9 Å². The van der Waals surface area contributed by atoms with Crippen LogP contribution in [0.3, 0.4) is 0 Å². The zero-order valence-corrected chi connectivity index (χ0v) is 7.15. The maximum atomic E-state index is 12.6. The van der Waals surface area contributed by atoms with Crippen molar-refractivity contribution in [2.45, 2.75) is 38.9 Å². The fourth-order valence-corrected chi connectivity index (χ4v) is 0.994. The molecule has 0 N–H and O–H groups in total. The zero-order chi connectivity index (χ0) is 8.91. The minimum atomic E-state index is -4.06. The van der Waals surface area contributed by atoms with Crippen molar-refractivity contribution in [2.24, 2.45) is 0 Å². The summed E-state index contributed by atoms with van der Waals surface area (Å²) >= 11 is 0. The number of halogens is 2. The van der Waals surface area contributed by atoms with E-state index in [-0.39, 0.29) is 0 Å². The van der Waals surface area contributed by atoms with Crippen LogP contribution in [0.15, 0.2) is 0 Å². The molecule has 1 rings (SSSR count). The smallest absolute Gasteiger partial charge is 0.505 e. The largest absolute Gasteiger partial charge is 0.602 e. The van der Waals surface area contributed by atoms with Crippen molar-refractivity contribution in [1.82, 2.24) is 0 Å². The zero-order valence-electron chi connectivity index (χ0n) is 7.15. The highest BCUT2D eigenvalue weighted by Gasteiger charge is 2.53. The van der Waals surface area contributed by atoms with Gasteiger partial charge < -0.3 is 17.9 Å². The second-order valence-electron chi connectivity index (χ2n) is 3.79. The first-order valence-electron chi connectivity index (χ1n) is 3.57. The van der Waals surface area contributed by atoms with Crippen LogP contribution in [0.25, 0.3) is 0 Å². The van der Waals surface area contributed by atoms with Gasteiger partial charge in [0.05, 0.1) is 0 Å². The molecule has 11 heavy (non-hydrogen) atoms. The fourth-order valence-electron chi connectivity index (χ4n) is 0.994. The molecule has 0 bridgehead atoms. The maximum absolute atomic E-state index is 12.6. The van der Waals surface area contributed by atoms with Crippen LogP contribution in [0.1, 0.15) is 27.7 Å².